The predicted molar refractivity (Wildman–Crippen MR) is 138 cm³/mol. The Hall–Kier alpha value is -4.04. The molecule has 0 heterocycles. The molecular weight excluding hydrogens is 464 g/mol. The molecular formula is C27H26N2O5S. The highest BCUT2D eigenvalue weighted by Gasteiger charge is 2.29. The lowest BCUT2D eigenvalue weighted by atomic mass is 10.1. The second kappa shape index (κ2) is 10.5. The molecule has 35 heavy (non-hydrogen) atoms. The highest BCUT2D eigenvalue weighted by atomic mass is 32.2. The molecule has 0 spiro atoms. The minimum atomic E-state index is -4.11. The number of amides is 1. The van der Waals surface area contributed by atoms with Crippen molar-refractivity contribution in [3.8, 4) is 11.5 Å². The summed E-state index contributed by atoms with van der Waals surface area (Å²) in [6.07, 6.45) is 0. The highest BCUT2D eigenvalue weighted by molar-refractivity contribution is 7.93. The molecule has 0 fully saturated rings. The molecule has 0 aliphatic heterocycles. The van der Waals surface area contributed by atoms with Gasteiger partial charge in [0.05, 0.1) is 24.3 Å². The molecule has 180 valence electrons. The van der Waals surface area contributed by atoms with Crippen LogP contribution in [0.5, 0.6) is 11.5 Å². The van der Waals surface area contributed by atoms with Gasteiger partial charge in [0.1, 0.15) is 18.0 Å². The maximum Gasteiger partial charge on any atom is 0.265 e. The number of sulfonamides is 1. The number of hydrogen-bond donors (Lipinski definition) is 1. The normalized spacial score (nSPS) is 11.1. The van der Waals surface area contributed by atoms with E-state index in [0.717, 1.165) is 9.69 Å². The van der Waals surface area contributed by atoms with E-state index in [2.05, 4.69) is 5.32 Å². The van der Waals surface area contributed by atoms with E-state index in [1.165, 1.54) is 7.11 Å². The van der Waals surface area contributed by atoms with Gasteiger partial charge in [-0.3, -0.25) is 9.10 Å². The number of rotatable bonds is 9. The fourth-order valence-corrected chi connectivity index (χ4v) is 5.38. The molecule has 0 aliphatic carbocycles. The minimum Gasteiger partial charge on any atom is -0.497 e. The molecule has 0 saturated heterocycles. The number of carbonyl (C=O) groups excluding carboxylic acids is 1. The Morgan fingerprint density at radius 2 is 1.60 bits per heavy atom. The molecule has 4 aromatic rings. The van der Waals surface area contributed by atoms with Crippen LogP contribution in [0.4, 0.5) is 11.4 Å². The third kappa shape index (κ3) is 5.38. The van der Waals surface area contributed by atoms with Crippen molar-refractivity contribution in [3.05, 3.63) is 91.0 Å². The topological polar surface area (TPSA) is 84.9 Å². The van der Waals surface area contributed by atoms with Crippen molar-refractivity contribution >= 4 is 38.1 Å². The number of methoxy groups -OCH3 is 1. The number of hydrogen-bond acceptors (Lipinski definition) is 5. The second-order valence-corrected chi connectivity index (χ2v) is 9.53. The summed E-state index contributed by atoms with van der Waals surface area (Å²) in [5.74, 6) is 0.676. The van der Waals surface area contributed by atoms with Crippen LogP contribution in [0.15, 0.2) is 95.9 Å². The van der Waals surface area contributed by atoms with Gasteiger partial charge < -0.3 is 14.8 Å². The fraction of sp³-hybridized carbons (Fsp3) is 0.148. The van der Waals surface area contributed by atoms with E-state index in [-0.39, 0.29) is 4.90 Å². The fourth-order valence-electron chi connectivity index (χ4n) is 3.75. The summed E-state index contributed by atoms with van der Waals surface area (Å²) in [4.78, 5) is 13.1. The molecule has 7 nitrogen and oxygen atoms in total. The SMILES string of the molecule is CCOc1ccc(NC(=O)CN(c2cccc(OC)c2)S(=O)(=O)c2cccc3ccccc23)cc1. The Labute approximate surface area is 205 Å². The highest BCUT2D eigenvalue weighted by Crippen LogP contribution is 2.31. The van der Waals surface area contributed by atoms with Crippen molar-refractivity contribution in [1.29, 1.82) is 0 Å². The molecule has 0 saturated carbocycles. The summed E-state index contributed by atoms with van der Waals surface area (Å²) in [7, 11) is -2.61. The van der Waals surface area contributed by atoms with Crippen molar-refractivity contribution in [2.45, 2.75) is 11.8 Å². The average molecular weight is 491 g/mol. The Kier molecular flexibility index (Phi) is 7.22. The Morgan fingerprint density at radius 1 is 0.886 bits per heavy atom. The van der Waals surface area contributed by atoms with Gasteiger partial charge in [-0.05, 0) is 54.8 Å². The van der Waals surface area contributed by atoms with Crippen LogP contribution in [0.2, 0.25) is 0 Å². The molecule has 0 aromatic heterocycles. The van der Waals surface area contributed by atoms with Gasteiger partial charge in [-0.15, -0.1) is 0 Å². The molecule has 0 aliphatic rings. The summed E-state index contributed by atoms with van der Waals surface area (Å²) in [5, 5.41) is 4.14. The van der Waals surface area contributed by atoms with E-state index in [9.17, 15) is 13.2 Å². The zero-order chi connectivity index (χ0) is 24.8. The van der Waals surface area contributed by atoms with Crippen molar-refractivity contribution in [3.63, 3.8) is 0 Å². The average Bonchev–Trinajstić information content (AvgIpc) is 2.88. The molecule has 0 radical (unpaired) electrons. The van der Waals surface area contributed by atoms with E-state index in [0.29, 0.717) is 34.9 Å². The van der Waals surface area contributed by atoms with E-state index in [4.69, 9.17) is 9.47 Å². The summed E-state index contributed by atoms with van der Waals surface area (Å²) >= 11 is 0. The van der Waals surface area contributed by atoms with Crippen LogP contribution in [0.3, 0.4) is 0 Å². The maximum atomic E-state index is 13.9. The zero-order valence-corrected chi connectivity index (χ0v) is 20.3. The smallest absolute Gasteiger partial charge is 0.265 e. The van der Waals surface area contributed by atoms with Gasteiger partial charge in [0, 0.05) is 17.1 Å². The zero-order valence-electron chi connectivity index (χ0n) is 19.5. The van der Waals surface area contributed by atoms with E-state index >= 15 is 0 Å². The number of nitrogens with one attached hydrogen (secondary N) is 1. The van der Waals surface area contributed by atoms with Crippen molar-refractivity contribution < 1.29 is 22.7 Å². The van der Waals surface area contributed by atoms with E-state index < -0.39 is 22.5 Å². The van der Waals surface area contributed by atoms with Gasteiger partial charge in [0.25, 0.3) is 10.0 Å². The second-order valence-electron chi connectivity index (χ2n) is 7.70. The molecule has 4 rings (SSSR count). The Bertz CT molecular complexity index is 1430. The van der Waals surface area contributed by atoms with Gasteiger partial charge in [-0.25, -0.2) is 8.42 Å². The number of anilines is 2. The summed E-state index contributed by atoms with van der Waals surface area (Å²) < 4.78 is 39.7. The third-order valence-electron chi connectivity index (χ3n) is 5.40. The predicted octanol–water partition coefficient (Wildman–Crippen LogP) is 5.08. The largest absolute Gasteiger partial charge is 0.497 e. The minimum absolute atomic E-state index is 0.118. The number of benzene rings is 4. The summed E-state index contributed by atoms with van der Waals surface area (Å²) in [6.45, 7) is 2.00. The summed E-state index contributed by atoms with van der Waals surface area (Å²) in [5.41, 5.74) is 0.853. The lowest BCUT2D eigenvalue weighted by Crippen LogP contribution is -2.38. The summed E-state index contributed by atoms with van der Waals surface area (Å²) in [6, 6.07) is 25.9. The lowest BCUT2D eigenvalue weighted by molar-refractivity contribution is -0.114. The first-order valence-electron chi connectivity index (χ1n) is 11.1. The monoisotopic (exact) mass is 490 g/mol. The Balaban J connectivity index is 1.70. The quantitative estimate of drug-likeness (QED) is 0.354. The molecule has 4 aromatic carbocycles. The molecule has 0 atom stereocenters. The van der Waals surface area contributed by atoms with Crippen LogP contribution in [0, 0.1) is 0 Å². The van der Waals surface area contributed by atoms with Crippen LogP contribution >= 0.6 is 0 Å². The molecule has 1 N–H and O–H groups in total. The van der Waals surface area contributed by atoms with Crippen LogP contribution < -0.4 is 19.1 Å². The first-order valence-corrected chi connectivity index (χ1v) is 12.5. The standard InChI is InChI=1S/C27H26N2O5S/c1-3-34-23-16-14-21(15-17-23)28-27(30)19-29(22-10-7-11-24(18-22)33-2)35(31,32)26-13-6-9-20-8-4-5-12-25(20)26/h4-18H,3,19H2,1-2H3,(H,28,30). The first kappa shape index (κ1) is 24.1. The van der Waals surface area contributed by atoms with Crippen molar-refractivity contribution in [1.82, 2.24) is 0 Å². The Morgan fingerprint density at radius 3 is 2.34 bits per heavy atom. The van der Waals surface area contributed by atoms with Crippen LogP contribution in [0.1, 0.15) is 6.92 Å². The maximum absolute atomic E-state index is 13.9. The number of carbonyl (C=O) groups is 1. The van der Waals surface area contributed by atoms with Gasteiger partial charge in [0.2, 0.25) is 5.91 Å². The van der Waals surface area contributed by atoms with Gasteiger partial charge in [0.15, 0.2) is 0 Å². The number of fused-ring (bicyclic) bond motifs is 1. The number of nitrogens with zero attached hydrogens (tertiary/aromatic N) is 1. The van der Waals surface area contributed by atoms with Crippen LogP contribution in [-0.2, 0) is 14.8 Å². The molecule has 0 unspecified atom stereocenters. The third-order valence-corrected chi connectivity index (χ3v) is 7.23. The van der Waals surface area contributed by atoms with E-state index in [1.807, 2.05) is 25.1 Å². The van der Waals surface area contributed by atoms with Gasteiger partial charge >= 0.3 is 0 Å². The lowest BCUT2D eigenvalue weighted by Gasteiger charge is -2.25. The van der Waals surface area contributed by atoms with Crippen LogP contribution in [0.25, 0.3) is 10.8 Å². The molecule has 8 heteroatoms. The first-order chi connectivity index (χ1) is 16.9. The number of ether oxygens (including phenoxy) is 2. The molecule has 0 bridgehead atoms. The molecule has 1 amide bonds. The van der Waals surface area contributed by atoms with Crippen molar-refractivity contribution in [2.24, 2.45) is 0 Å². The van der Waals surface area contributed by atoms with Gasteiger partial charge in [-0.1, -0.05) is 42.5 Å². The van der Waals surface area contributed by atoms with E-state index in [1.54, 1.807) is 72.8 Å². The van der Waals surface area contributed by atoms with Gasteiger partial charge in [-0.2, -0.15) is 0 Å². The van der Waals surface area contributed by atoms with Crippen molar-refractivity contribution in [2.75, 3.05) is 29.9 Å². The van der Waals surface area contributed by atoms with Crippen LogP contribution in [-0.4, -0.2) is 34.6 Å².